The summed E-state index contributed by atoms with van der Waals surface area (Å²) in [6, 6.07) is 4.73. The lowest BCUT2D eigenvalue weighted by molar-refractivity contribution is -0.141. The molecule has 27 heavy (non-hydrogen) atoms. The molecule has 2 aromatic rings. The van der Waals surface area contributed by atoms with Crippen LogP contribution in [0.15, 0.2) is 33.9 Å². The van der Waals surface area contributed by atoms with Crippen molar-refractivity contribution in [2.24, 2.45) is 0 Å². The maximum Gasteiger partial charge on any atom is 0.352 e. The van der Waals surface area contributed by atoms with E-state index in [0.29, 0.717) is 6.61 Å². The quantitative estimate of drug-likeness (QED) is 0.446. The molecular formula is C19H17NO7. The van der Waals surface area contributed by atoms with Crippen LogP contribution in [0.2, 0.25) is 0 Å². The first kappa shape index (κ1) is 19.7. The number of hydrogen-bond donors (Lipinski definition) is 2. The molecular weight excluding hydrogens is 354 g/mol. The second-order valence-corrected chi connectivity index (χ2v) is 5.32. The highest BCUT2D eigenvalue weighted by molar-refractivity contribution is 5.89. The third kappa shape index (κ3) is 5.44. The van der Waals surface area contributed by atoms with Gasteiger partial charge in [-0.15, -0.1) is 0 Å². The average Bonchev–Trinajstić information content (AvgIpc) is 2.78. The second-order valence-electron chi connectivity index (χ2n) is 5.32. The number of aromatic nitrogens is 1. The number of rotatable bonds is 6. The molecule has 2 N–H and O–H groups in total. The van der Waals surface area contributed by atoms with Crippen LogP contribution in [0.1, 0.15) is 30.3 Å². The van der Waals surface area contributed by atoms with Gasteiger partial charge < -0.3 is 19.6 Å². The first-order valence-electron chi connectivity index (χ1n) is 8.11. The van der Waals surface area contributed by atoms with E-state index >= 15 is 0 Å². The Morgan fingerprint density at radius 3 is 2.63 bits per heavy atom. The smallest absolute Gasteiger partial charge is 0.352 e. The van der Waals surface area contributed by atoms with Crippen molar-refractivity contribution in [3.05, 3.63) is 50.4 Å². The number of aromatic carboxylic acids is 1. The van der Waals surface area contributed by atoms with E-state index in [2.05, 4.69) is 16.8 Å². The van der Waals surface area contributed by atoms with E-state index in [4.69, 9.17) is 14.6 Å². The summed E-state index contributed by atoms with van der Waals surface area (Å²) in [6.45, 7) is 2.08. The van der Waals surface area contributed by atoms with Crippen LogP contribution in [0.5, 0.6) is 5.75 Å². The fourth-order valence-corrected chi connectivity index (χ4v) is 2.19. The normalized spacial score (nSPS) is 9.96. The molecule has 2 rings (SSSR count). The monoisotopic (exact) mass is 371 g/mol. The van der Waals surface area contributed by atoms with Gasteiger partial charge in [-0.1, -0.05) is 11.8 Å². The Hall–Kier alpha value is -3.60. The summed E-state index contributed by atoms with van der Waals surface area (Å²) in [5.74, 6) is 3.63. The predicted octanol–water partition coefficient (Wildman–Crippen LogP) is 1.31. The third-order valence-corrected chi connectivity index (χ3v) is 3.40. The molecule has 0 bridgehead atoms. The minimum absolute atomic E-state index is 0.0210. The van der Waals surface area contributed by atoms with Gasteiger partial charge in [0.05, 0.1) is 18.7 Å². The predicted molar refractivity (Wildman–Crippen MR) is 96.9 cm³/mol. The molecule has 0 atom stereocenters. The molecule has 0 spiro atoms. The fourth-order valence-electron chi connectivity index (χ4n) is 2.19. The van der Waals surface area contributed by atoms with Crippen molar-refractivity contribution in [1.82, 2.24) is 4.98 Å². The molecule has 1 aromatic heterocycles. The number of esters is 1. The number of carbonyl (C=O) groups excluding carboxylic acids is 1. The standard InChI is InChI=1S/C19H17NO7/c1-2-26-18(23)6-4-3-5-9-27-17-10-12-13(7-8-15(17)21)20-14(19(24)25)11-16(12)22/h7-8,10-11H,2,5-6,9H2,1H3,(H,20,22)(H,24,25). The number of carboxylic acid groups (broad SMARTS) is 1. The van der Waals surface area contributed by atoms with Crippen LogP contribution < -0.4 is 15.6 Å². The van der Waals surface area contributed by atoms with Gasteiger partial charge >= 0.3 is 11.9 Å². The summed E-state index contributed by atoms with van der Waals surface area (Å²) < 4.78 is 10.1. The van der Waals surface area contributed by atoms with Crippen molar-refractivity contribution in [1.29, 1.82) is 0 Å². The van der Waals surface area contributed by atoms with Crippen LogP contribution in [0.4, 0.5) is 0 Å². The molecule has 0 saturated carbocycles. The minimum Gasteiger partial charge on any atom is -0.488 e. The number of ether oxygens (including phenoxy) is 2. The van der Waals surface area contributed by atoms with Crippen molar-refractivity contribution in [3.8, 4) is 17.6 Å². The molecule has 0 saturated heterocycles. The Morgan fingerprint density at radius 2 is 1.93 bits per heavy atom. The number of hydrogen-bond acceptors (Lipinski definition) is 6. The Balaban J connectivity index is 2.15. The topological polar surface area (TPSA) is 123 Å². The number of fused-ring (bicyclic) bond motifs is 1. The zero-order valence-electron chi connectivity index (χ0n) is 14.5. The lowest BCUT2D eigenvalue weighted by Gasteiger charge is -2.01. The highest BCUT2D eigenvalue weighted by Crippen LogP contribution is 2.11. The summed E-state index contributed by atoms with van der Waals surface area (Å²) in [7, 11) is 0. The van der Waals surface area contributed by atoms with E-state index in [1.165, 1.54) is 18.2 Å². The van der Waals surface area contributed by atoms with E-state index in [0.717, 1.165) is 6.07 Å². The van der Waals surface area contributed by atoms with Crippen molar-refractivity contribution in [3.63, 3.8) is 0 Å². The number of carbonyl (C=O) groups is 2. The zero-order valence-corrected chi connectivity index (χ0v) is 14.5. The maximum absolute atomic E-state index is 12.1. The van der Waals surface area contributed by atoms with E-state index in [1.807, 2.05) is 0 Å². The first-order chi connectivity index (χ1) is 12.9. The number of carboxylic acids is 1. The second kappa shape index (κ2) is 9.20. The molecule has 1 aromatic carbocycles. The van der Waals surface area contributed by atoms with E-state index in [9.17, 15) is 19.2 Å². The summed E-state index contributed by atoms with van der Waals surface area (Å²) in [6.07, 6.45) is 0.252. The molecule has 0 aliphatic rings. The van der Waals surface area contributed by atoms with Crippen molar-refractivity contribution < 1.29 is 24.2 Å². The van der Waals surface area contributed by atoms with Gasteiger partial charge in [-0.05, 0) is 25.1 Å². The molecule has 0 fully saturated rings. The molecule has 140 valence electrons. The fraction of sp³-hybridized carbons (Fsp3) is 0.263. The van der Waals surface area contributed by atoms with Gasteiger partial charge in [-0.25, -0.2) is 4.79 Å². The van der Waals surface area contributed by atoms with Crippen LogP contribution >= 0.6 is 0 Å². The van der Waals surface area contributed by atoms with Crippen LogP contribution in [0.3, 0.4) is 0 Å². The Morgan fingerprint density at radius 1 is 1.15 bits per heavy atom. The summed E-state index contributed by atoms with van der Waals surface area (Å²) in [4.78, 5) is 49.0. The van der Waals surface area contributed by atoms with Gasteiger partial charge in [0.1, 0.15) is 12.1 Å². The van der Waals surface area contributed by atoms with Gasteiger partial charge in [0.25, 0.3) is 0 Å². The molecule has 0 radical (unpaired) electrons. The SMILES string of the molecule is CCOC(=O)CC#CCCOc1cc2c(=O)cc(C(=O)O)[nH]c2ccc1=O. The van der Waals surface area contributed by atoms with Crippen LogP contribution in [0.25, 0.3) is 10.9 Å². The molecule has 8 heteroatoms. The summed E-state index contributed by atoms with van der Waals surface area (Å²) >= 11 is 0. The maximum atomic E-state index is 12.1. The zero-order chi connectivity index (χ0) is 19.8. The van der Waals surface area contributed by atoms with Gasteiger partial charge in [0.15, 0.2) is 11.2 Å². The summed E-state index contributed by atoms with van der Waals surface area (Å²) in [5, 5.41) is 9.12. The number of pyridine rings is 1. The highest BCUT2D eigenvalue weighted by atomic mass is 16.5. The van der Waals surface area contributed by atoms with Crippen molar-refractivity contribution >= 4 is 22.8 Å². The minimum atomic E-state index is -1.28. The van der Waals surface area contributed by atoms with Crippen LogP contribution in [0, 0.1) is 11.8 Å². The lowest BCUT2D eigenvalue weighted by Crippen LogP contribution is -2.09. The number of H-pyrrole nitrogens is 1. The van der Waals surface area contributed by atoms with Gasteiger partial charge in [0.2, 0.25) is 5.43 Å². The Kier molecular flexibility index (Phi) is 6.72. The Labute approximate surface area is 153 Å². The molecule has 0 amide bonds. The summed E-state index contributed by atoms with van der Waals surface area (Å²) in [5.41, 5.74) is -1.07. The molecule has 0 aliphatic heterocycles. The van der Waals surface area contributed by atoms with Gasteiger partial charge in [-0.3, -0.25) is 14.4 Å². The van der Waals surface area contributed by atoms with Crippen molar-refractivity contribution in [2.45, 2.75) is 19.8 Å². The van der Waals surface area contributed by atoms with Crippen LogP contribution in [-0.2, 0) is 9.53 Å². The van der Waals surface area contributed by atoms with Gasteiger partial charge in [0, 0.05) is 17.9 Å². The highest BCUT2D eigenvalue weighted by Gasteiger charge is 2.09. The van der Waals surface area contributed by atoms with Crippen LogP contribution in [-0.4, -0.2) is 35.2 Å². The van der Waals surface area contributed by atoms with Gasteiger partial charge in [-0.2, -0.15) is 0 Å². The van der Waals surface area contributed by atoms with Crippen molar-refractivity contribution in [2.75, 3.05) is 13.2 Å². The first-order valence-corrected chi connectivity index (χ1v) is 8.11. The van der Waals surface area contributed by atoms with E-state index in [-0.39, 0.29) is 41.8 Å². The largest absolute Gasteiger partial charge is 0.488 e. The third-order valence-electron chi connectivity index (χ3n) is 3.40. The molecule has 1 heterocycles. The average molecular weight is 371 g/mol. The van der Waals surface area contributed by atoms with E-state index in [1.54, 1.807) is 6.92 Å². The molecule has 0 aliphatic carbocycles. The Bertz CT molecular complexity index is 1040. The lowest BCUT2D eigenvalue weighted by atomic mass is 10.2. The number of nitrogens with one attached hydrogen (secondary N) is 1. The molecule has 8 nitrogen and oxygen atoms in total. The van der Waals surface area contributed by atoms with E-state index < -0.39 is 22.8 Å². The number of aromatic amines is 1. The molecule has 0 unspecified atom stereocenters.